The molecule has 0 atom stereocenters. The van der Waals surface area contributed by atoms with Crippen molar-refractivity contribution in [2.45, 2.75) is 43.4 Å². The Labute approximate surface area is 117 Å². The third-order valence-electron chi connectivity index (χ3n) is 2.74. The molecule has 0 radical (unpaired) electrons. The van der Waals surface area contributed by atoms with Gasteiger partial charge in [-0.1, -0.05) is 19.3 Å². The lowest BCUT2D eigenvalue weighted by Gasteiger charge is -2.02. The van der Waals surface area contributed by atoms with Crippen LogP contribution in [0.4, 0.5) is 0 Å². The predicted molar refractivity (Wildman–Crippen MR) is 77.3 cm³/mol. The lowest BCUT2D eigenvalue weighted by molar-refractivity contribution is -0.118. The van der Waals surface area contributed by atoms with Crippen molar-refractivity contribution in [3.05, 3.63) is 29.2 Å². The number of unbranched alkanes of at least 4 members (excludes halogenated alkanes) is 4. The largest absolute Gasteiger partial charge is 0.508 e. The first-order chi connectivity index (χ1) is 9.22. The summed E-state index contributed by atoms with van der Waals surface area (Å²) in [5, 5.41) is 11.5. The molecule has 19 heavy (non-hydrogen) atoms. The zero-order chi connectivity index (χ0) is 13.9. The third-order valence-corrected chi connectivity index (χ3v) is 3.84. The SMILES string of the molecule is O=NC(=O)CCCCCCCSc1ccc(O)cc1. The number of phenols is 1. The molecular weight excluding hydrogens is 262 g/mol. The molecule has 5 heteroatoms. The van der Waals surface area contributed by atoms with Crippen LogP contribution in [0.5, 0.6) is 5.75 Å². The van der Waals surface area contributed by atoms with Crippen molar-refractivity contribution in [2.75, 3.05) is 5.75 Å². The molecule has 0 unspecified atom stereocenters. The van der Waals surface area contributed by atoms with Crippen LogP contribution in [0, 0.1) is 4.91 Å². The molecule has 1 amide bonds. The summed E-state index contributed by atoms with van der Waals surface area (Å²) in [6.07, 6.45) is 5.37. The van der Waals surface area contributed by atoms with Crippen LogP contribution in [0.15, 0.2) is 34.3 Å². The van der Waals surface area contributed by atoms with Gasteiger partial charge >= 0.3 is 0 Å². The lowest BCUT2D eigenvalue weighted by atomic mass is 10.1. The van der Waals surface area contributed by atoms with E-state index in [9.17, 15) is 9.70 Å². The Balaban J connectivity index is 1.95. The Hall–Kier alpha value is -1.36. The van der Waals surface area contributed by atoms with Crippen molar-refractivity contribution in [3.63, 3.8) is 0 Å². The standard InChI is InChI=1S/C14H19NO3S/c16-12-7-9-13(10-8-12)19-11-5-3-1-2-4-6-14(17)15-18/h7-10,16H,1-6,11H2. The quantitative estimate of drug-likeness (QED) is 0.420. The first-order valence-electron chi connectivity index (χ1n) is 6.50. The van der Waals surface area contributed by atoms with Crippen LogP contribution < -0.4 is 0 Å². The second kappa shape index (κ2) is 9.55. The van der Waals surface area contributed by atoms with E-state index in [0.29, 0.717) is 5.75 Å². The molecule has 1 N–H and O–H groups in total. The Morgan fingerprint density at radius 2 is 1.68 bits per heavy atom. The molecule has 104 valence electrons. The smallest absolute Gasteiger partial charge is 0.286 e. The molecule has 1 aromatic carbocycles. The maximum atomic E-state index is 10.6. The first-order valence-corrected chi connectivity index (χ1v) is 7.49. The molecule has 0 fully saturated rings. The molecule has 0 aromatic heterocycles. The molecule has 1 aromatic rings. The fraction of sp³-hybridized carbons (Fsp3) is 0.500. The maximum absolute atomic E-state index is 10.6. The van der Waals surface area contributed by atoms with Gasteiger partial charge in [0.2, 0.25) is 0 Å². The summed E-state index contributed by atoms with van der Waals surface area (Å²) in [7, 11) is 0. The number of nitrogens with zero attached hydrogens (tertiary/aromatic N) is 1. The van der Waals surface area contributed by atoms with Crippen molar-refractivity contribution in [1.82, 2.24) is 0 Å². The summed E-state index contributed by atoms with van der Waals surface area (Å²) >= 11 is 1.78. The topological polar surface area (TPSA) is 66.7 Å². The van der Waals surface area contributed by atoms with Gasteiger partial charge in [-0.05, 0) is 42.9 Å². The summed E-state index contributed by atoms with van der Waals surface area (Å²) in [6, 6.07) is 7.22. The molecule has 0 spiro atoms. The van der Waals surface area contributed by atoms with Gasteiger partial charge in [-0.15, -0.1) is 16.7 Å². The van der Waals surface area contributed by atoms with Gasteiger partial charge in [0.25, 0.3) is 5.91 Å². The van der Waals surface area contributed by atoms with Gasteiger partial charge in [0.05, 0.1) is 0 Å². The number of thioether (sulfide) groups is 1. The van der Waals surface area contributed by atoms with Crippen LogP contribution in [0.1, 0.15) is 38.5 Å². The van der Waals surface area contributed by atoms with Crippen molar-refractivity contribution >= 4 is 17.7 Å². The number of benzene rings is 1. The molecule has 0 aliphatic carbocycles. The zero-order valence-electron chi connectivity index (χ0n) is 10.9. The van der Waals surface area contributed by atoms with Gasteiger partial charge < -0.3 is 5.11 Å². The summed E-state index contributed by atoms with van der Waals surface area (Å²) in [5.74, 6) is 0.811. The summed E-state index contributed by atoms with van der Waals surface area (Å²) < 4.78 is 0. The monoisotopic (exact) mass is 281 g/mol. The Morgan fingerprint density at radius 3 is 2.37 bits per heavy atom. The molecule has 0 aliphatic heterocycles. The highest BCUT2D eigenvalue weighted by Gasteiger charge is 2.00. The number of phenolic OH excluding ortho intramolecular Hbond substituents is 1. The van der Waals surface area contributed by atoms with Crippen molar-refractivity contribution in [1.29, 1.82) is 0 Å². The summed E-state index contributed by atoms with van der Waals surface area (Å²) in [4.78, 5) is 21.6. The second-order valence-corrected chi connectivity index (χ2v) is 5.51. The molecule has 4 nitrogen and oxygen atoms in total. The number of hydrogen-bond donors (Lipinski definition) is 1. The van der Waals surface area contributed by atoms with Crippen LogP contribution in [0.2, 0.25) is 0 Å². The molecular formula is C14H19NO3S. The van der Waals surface area contributed by atoms with Gasteiger partial charge in [-0.3, -0.25) is 4.79 Å². The van der Waals surface area contributed by atoms with Crippen molar-refractivity contribution < 1.29 is 9.90 Å². The molecule has 0 aliphatic rings. The predicted octanol–water partition coefficient (Wildman–Crippen LogP) is 4.12. The minimum Gasteiger partial charge on any atom is -0.508 e. The molecule has 0 saturated heterocycles. The average Bonchev–Trinajstić information content (AvgIpc) is 2.43. The van der Waals surface area contributed by atoms with E-state index in [2.05, 4.69) is 5.18 Å². The lowest BCUT2D eigenvalue weighted by Crippen LogP contribution is -1.91. The van der Waals surface area contributed by atoms with Gasteiger partial charge in [-0.25, -0.2) is 0 Å². The van der Waals surface area contributed by atoms with E-state index in [0.717, 1.165) is 37.9 Å². The molecule has 1 rings (SSSR count). The molecule has 0 heterocycles. The van der Waals surface area contributed by atoms with Crippen LogP contribution in [-0.2, 0) is 4.79 Å². The molecule has 0 bridgehead atoms. The Bertz CT molecular complexity index is 392. The fourth-order valence-electron chi connectivity index (χ4n) is 1.69. The van der Waals surface area contributed by atoms with E-state index >= 15 is 0 Å². The van der Waals surface area contributed by atoms with Gasteiger partial charge in [0.1, 0.15) is 5.75 Å². The van der Waals surface area contributed by atoms with E-state index in [1.165, 1.54) is 4.90 Å². The highest BCUT2D eigenvalue weighted by Crippen LogP contribution is 2.22. The van der Waals surface area contributed by atoms with Crippen molar-refractivity contribution in [2.24, 2.45) is 5.18 Å². The van der Waals surface area contributed by atoms with Gasteiger partial charge in [0, 0.05) is 16.5 Å². The molecule has 0 saturated carbocycles. The minimum atomic E-state index is -0.539. The van der Waals surface area contributed by atoms with Gasteiger partial charge in [-0.2, -0.15) is 0 Å². The van der Waals surface area contributed by atoms with Crippen LogP contribution in [0.3, 0.4) is 0 Å². The zero-order valence-corrected chi connectivity index (χ0v) is 11.7. The fourth-order valence-corrected chi connectivity index (χ4v) is 2.60. The van der Waals surface area contributed by atoms with E-state index in [1.807, 2.05) is 12.1 Å². The van der Waals surface area contributed by atoms with Crippen molar-refractivity contribution in [3.8, 4) is 5.75 Å². The number of aromatic hydroxyl groups is 1. The Kier molecular flexibility index (Phi) is 7.89. The van der Waals surface area contributed by atoms with Crippen LogP contribution in [0.25, 0.3) is 0 Å². The normalized spacial score (nSPS) is 10.3. The highest BCUT2D eigenvalue weighted by atomic mass is 32.2. The van der Waals surface area contributed by atoms with E-state index < -0.39 is 5.91 Å². The van der Waals surface area contributed by atoms with Gasteiger partial charge in [0.15, 0.2) is 0 Å². The highest BCUT2D eigenvalue weighted by molar-refractivity contribution is 7.99. The van der Waals surface area contributed by atoms with E-state index in [-0.39, 0.29) is 6.42 Å². The summed E-state index contributed by atoms with van der Waals surface area (Å²) in [6.45, 7) is 0. The number of carbonyl (C=O) groups is 1. The Morgan fingerprint density at radius 1 is 1.05 bits per heavy atom. The van der Waals surface area contributed by atoms with E-state index in [1.54, 1.807) is 23.9 Å². The number of amides is 1. The summed E-state index contributed by atoms with van der Waals surface area (Å²) in [5.41, 5.74) is 0. The maximum Gasteiger partial charge on any atom is 0.286 e. The van der Waals surface area contributed by atoms with Crippen LogP contribution >= 0.6 is 11.8 Å². The third kappa shape index (κ3) is 7.62. The van der Waals surface area contributed by atoms with E-state index in [4.69, 9.17) is 5.11 Å². The first kappa shape index (κ1) is 15.7. The number of hydrogen-bond acceptors (Lipinski definition) is 4. The minimum absolute atomic E-state index is 0.283. The van der Waals surface area contributed by atoms with Crippen LogP contribution in [-0.4, -0.2) is 16.8 Å². The number of rotatable bonds is 9. The number of carbonyl (C=O) groups excluding carboxylic acids is 1. The number of nitroso groups, excluding NO2 is 1. The second-order valence-electron chi connectivity index (χ2n) is 4.35. The average molecular weight is 281 g/mol.